The highest BCUT2D eigenvalue weighted by Gasteiger charge is 2.59. The fourth-order valence-corrected chi connectivity index (χ4v) is 10.8. The first-order valence-corrected chi connectivity index (χ1v) is 15.0. The van der Waals surface area contributed by atoms with Gasteiger partial charge in [0, 0.05) is 26.1 Å². The smallest absolute Gasteiger partial charge is 0.410 e. The Bertz CT molecular complexity index is 1140. The van der Waals surface area contributed by atoms with Gasteiger partial charge in [0.2, 0.25) is 0 Å². The minimum atomic E-state index is -2.29. The standard InChI is InChI=1S/C31H36N2O3P.BrH/c1-31(2,3)36-30(35)32-21-19-24(23-32)33-22-20-28(29(33)34)37(25-13-7-4-8-14-25,26-15-9-5-10-16-26)27-17-11-6-12-18-27;/h4-18,24,28H,19-23H2,1-3H3;1H/q+1;/p-1/t24-,28+;/m1./s1. The summed E-state index contributed by atoms with van der Waals surface area (Å²) in [6.07, 6.45) is 1.29. The van der Waals surface area contributed by atoms with E-state index in [0.717, 1.165) is 12.8 Å². The lowest BCUT2D eigenvalue weighted by molar-refractivity contribution is -0.129. The van der Waals surface area contributed by atoms with Gasteiger partial charge in [0.15, 0.2) is 5.66 Å². The van der Waals surface area contributed by atoms with E-state index in [0.29, 0.717) is 19.6 Å². The molecule has 0 aromatic heterocycles. The molecule has 0 bridgehead atoms. The van der Waals surface area contributed by atoms with Crippen LogP contribution in [0.2, 0.25) is 0 Å². The third kappa shape index (κ3) is 5.39. The molecular weight excluding hydrogens is 559 g/mol. The van der Waals surface area contributed by atoms with E-state index in [-0.39, 0.29) is 40.7 Å². The predicted octanol–water partition coefficient (Wildman–Crippen LogP) is 1.59. The Morgan fingerprint density at radius 1 is 0.789 bits per heavy atom. The number of carbonyl (C=O) groups excluding carboxylic acids is 2. The number of halogens is 1. The summed E-state index contributed by atoms with van der Waals surface area (Å²) >= 11 is 0. The number of likely N-dealkylation sites (tertiary alicyclic amines) is 2. The van der Waals surface area contributed by atoms with Crippen molar-refractivity contribution in [3.05, 3.63) is 91.0 Å². The van der Waals surface area contributed by atoms with Crippen LogP contribution in [0.3, 0.4) is 0 Å². The summed E-state index contributed by atoms with van der Waals surface area (Å²) in [7, 11) is -2.29. The Kier molecular flexibility index (Phi) is 8.64. The number of benzene rings is 3. The monoisotopic (exact) mass is 594 g/mol. The van der Waals surface area contributed by atoms with Crippen molar-refractivity contribution in [2.45, 2.75) is 50.9 Å². The van der Waals surface area contributed by atoms with E-state index in [1.165, 1.54) is 15.9 Å². The van der Waals surface area contributed by atoms with E-state index in [1.54, 1.807) is 4.90 Å². The Labute approximate surface area is 237 Å². The van der Waals surface area contributed by atoms with E-state index in [9.17, 15) is 9.59 Å². The van der Waals surface area contributed by atoms with Gasteiger partial charge >= 0.3 is 6.09 Å². The van der Waals surface area contributed by atoms with Gasteiger partial charge in [0.05, 0.1) is 6.04 Å². The predicted molar refractivity (Wildman–Crippen MR) is 151 cm³/mol. The van der Waals surface area contributed by atoms with Gasteiger partial charge in [-0.3, -0.25) is 4.79 Å². The second kappa shape index (κ2) is 11.6. The molecule has 2 fully saturated rings. The maximum Gasteiger partial charge on any atom is 0.410 e. The van der Waals surface area contributed by atoms with Crippen LogP contribution in [0.25, 0.3) is 0 Å². The van der Waals surface area contributed by atoms with Gasteiger partial charge in [-0.05, 0) is 63.6 Å². The summed E-state index contributed by atoms with van der Waals surface area (Å²) in [6, 6.07) is 31.9. The van der Waals surface area contributed by atoms with Crippen LogP contribution >= 0.6 is 7.26 Å². The number of carbonyl (C=O) groups is 2. The molecule has 2 heterocycles. The Morgan fingerprint density at radius 2 is 1.26 bits per heavy atom. The molecule has 0 spiro atoms. The van der Waals surface area contributed by atoms with E-state index in [1.807, 2.05) is 39.0 Å². The molecule has 3 aromatic rings. The number of hydrogen-bond donors (Lipinski definition) is 0. The summed E-state index contributed by atoms with van der Waals surface area (Å²) < 4.78 is 5.60. The molecule has 0 saturated carbocycles. The van der Waals surface area contributed by atoms with Gasteiger partial charge in [0.25, 0.3) is 5.91 Å². The molecular formula is C31H36BrN2O3P. The minimum Gasteiger partial charge on any atom is -1.00 e. The summed E-state index contributed by atoms with van der Waals surface area (Å²) in [5, 5.41) is 3.69. The van der Waals surface area contributed by atoms with Crippen LogP contribution in [0.4, 0.5) is 4.79 Å². The second-order valence-electron chi connectivity index (χ2n) is 10.9. The molecule has 5 nitrogen and oxygen atoms in total. The van der Waals surface area contributed by atoms with Crippen molar-refractivity contribution >= 4 is 35.2 Å². The van der Waals surface area contributed by atoms with Crippen LogP contribution < -0.4 is 32.9 Å². The summed E-state index contributed by atoms with van der Waals surface area (Å²) in [5.41, 5.74) is -0.676. The van der Waals surface area contributed by atoms with Crippen LogP contribution in [0.15, 0.2) is 91.0 Å². The highest BCUT2D eigenvalue weighted by atomic mass is 79.9. The zero-order chi connectivity index (χ0) is 26.0. The topological polar surface area (TPSA) is 49.9 Å². The number of ether oxygens (including phenoxy) is 1. The molecule has 2 atom stereocenters. The Balaban J connectivity index is 0.00000336. The van der Waals surface area contributed by atoms with Gasteiger partial charge in [0.1, 0.15) is 28.8 Å². The first kappa shape index (κ1) is 28.3. The molecule has 5 rings (SSSR count). The third-order valence-corrected chi connectivity index (χ3v) is 12.2. The SMILES string of the molecule is CC(C)(C)OC(=O)N1CC[C@@H](N2CC[C@H]([P+](c3ccccc3)(c3ccccc3)c3ccccc3)C2=O)C1.[Br-]. The second-order valence-corrected chi connectivity index (χ2v) is 14.6. The first-order valence-electron chi connectivity index (χ1n) is 13.1. The third-order valence-electron chi connectivity index (χ3n) is 7.43. The molecule has 2 aliphatic heterocycles. The normalized spacial score (nSPS) is 19.8. The lowest BCUT2D eigenvalue weighted by Crippen LogP contribution is -3.00. The highest BCUT2D eigenvalue weighted by Crippen LogP contribution is 2.62. The molecule has 0 unspecified atom stereocenters. The van der Waals surface area contributed by atoms with Crippen molar-refractivity contribution in [3.8, 4) is 0 Å². The van der Waals surface area contributed by atoms with E-state index >= 15 is 0 Å². The molecule has 2 saturated heterocycles. The molecule has 0 N–H and O–H groups in total. The molecule has 0 aliphatic carbocycles. The maximum atomic E-state index is 14.4. The molecule has 38 heavy (non-hydrogen) atoms. The minimum absolute atomic E-state index is 0. The fourth-order valence-electron chi connectivity index (χ4n) is 5.87. The van der Waals surface area contributed by atoms with Crippen molar-refractivity contribution < 1.29 is 31.3 Å². The lowest BCUT2D eigenvalue weighted by atomic mass is 10.2. The zero-order valence-electron chi connectivity index (χ0n) is 22.3. The molecule has 200 valence electrons. The molecule has 7 heteroatoms. The molecule has 3 aromatic carbocycles. The average Bonchev–Trinajstić information content (AvgIpc) is 3.53. The fraction of sp³-hybridized carbons (Fsp3) is 0.355. The van der Waals surface area contributed by atoms with Crippen molar-refractivity contribution in [2.75, 3.05) is 19.6 Å². The summed E-state index contributed by atoms with van der Waals surface area (Å²) in [5.74, 6) is 0.209. The molecule has 0 radical (unpaired) electrons. The first-order chi connectivity index (χ1) is 17.8. The van der Waals surface area contributed by atoms with Crippen molar-refractivity contribution in [2.24, 2.45) is 0 Å². The quantitative estimate of drug-likeness (QED) is 0.422. The van der Waals surface area contributed by atoms with Crippen LogP contribution in [0.5, 0.6) is 0 Å². The van der Waals surface area contributed by atoms with E-state index < -0.39 is 12.9 Å². The summed E-state index contributed by atoms with van der Waals surface area (Å²) in [4.78, 5) is 30.9. The van der Waals surface area contributed by atoms with E-state index in [4.69, 9.17) is 4.74 Å². The molecule has 2 amide bonds. The van der Waals surface area contributed by atoms with Gasteiger partial charge in [-0.25, -0.2) is 4.79 Å². The maximum absolute atomic E-state index is 14.4. The lowest BCUT2D eigenvalue weighted by Gasteiger charge is -2.32. The van der Waals surface area contributed by atoms with Crippen LogP contribution in [0, 0.1) is 0 Å². The highest BCUT2D eigenvalue weighted by molar-refractivity contribution is 7.96. The van der Waals surface area contributed by atoms with Gasteiger partial charge in [-0.15, -0.1) is 0 Å². The number of hydrogen-bond acceptors (Lipinski definition) is 3. The number of rotatable bonds is 5. The molecule has 2 aliphatic rings. The van der Waals surface area contributed by atoms with Crippen LogP contribution in [-0.2, 0) is 9.53 Å². The summed E-state index contributed by atoms with van der Waals surface area (Å²) in [6.45, 7) is 7.50. The number of nitrogens with zero attached hydrogens (tertiary/aromatic N) is 2. The van der Waals surface area contributed by atoms with Gasteiger partial charge in [-0.1, -0.05) is 54.6 Å². The number of amides is 2. The van der Waals surface area contributed by atoms with E-state index in [2.05, 4.69) is 77.7 Å². The van der Waals surface area contributed by atoms with Crippen molar-refractivity contribution in [3.63, 3.8) is 0 Å². The Hall–Kier alpha value is -2.69. The van der Waals surface area contributed by atoms with Crippen molar-refractivity contribution in [1.82, 2.24) is 9.80 Å². The van der Waals surface area contributed by atoms with Crippen molar-refractivity contribution in [1.29, 1.82) is 0 Å². The van der Waals surface area contributed by atoms with Crippen LogP contribution in [0.1, 0.15) is 33.6 Å². The Morgan fingerprint density at radius 3 is 1.71 bits per heavy atom. The largest absolute Gasteiger partial charge is 1.00 e. The van der Waals surface area contributed by atoms with Gasteiger partial charge in [-0.2, -0.15) is 0 Å². The average molecular weight is 596 g/mol. The zero-order valence-corrected chi connectivity index (χ0v) is 24.8. The van der Waals surface area contributed by atoms with Crippen LogP contribution in [-0.4, -0.2) is 58.7 Å². The van der Waals surface area contributed by atoms with Gasteiger partial charge < -0.3 is 31.5 Å².